The molecule has 0 spiro atoms. The van der Waals surface area contributed by atoms with Crippen LogP contribution in [0, 0.1) is 19.8 Å². The lowest BCUT2D eigenvalue weighted by atomic mass is 9.75. The molecule has 30 heavy (non-hydrogen) atoms. The van der Waals surface area contributed by atoms with E-state index in [-0.39, 0.29) is 6.04 Å². The smallest absolute Gasteiger partial charge is 0.243 e. The molecule has 0 bridgehead atoms. The minimum Gasteiger partial charge on any atom is -0.379 e. The molecule has 3 aliphatic rings. The zero-order valence-electron chi connectivity index (χ0n) is 17.5. The van der Waals surface area contributed by atoms with Gasteiger partial charge in [-0.3, -0.25) is 0 Å². The van der Waals surface area contributed by atoms with Crippen LogP contribution in [-0.2, 0) is 14.8 Å². The number of benzene rings is 2. The molecule has 6 heteroatoms. The Morgan fingerprint density at radius 3 is 2.53 bits per heavy atom. The summed E-state index contributed by atoms with van der Waals surface area (Å²) in [7, 11) is -3.47. The van der Waals surface area contributed by atoms with Gasteiger partial charge in [0.05, 0.1) is 24.2 Å². The van der Waals surface area contributed by atoms with E-state index in [0.717, 1.165) is 12.0 Å². The third kappa shape index (κ3) is 3.27. The molecule has 1 aliphatic carbocycles. The van der Waals surface area contributed by atoms with Crippen LogP contribution in [0.5, 0.6) is 0 Å². The van der Waals surface area contributed by atoms with E-state index in [1.165, 1.54) is 26.7 Å². The highest BCUT2D eigenvalue weighted by atomic mass is 32.2. The van der Waals surface area contributed by atoms with Crippen molar-refractivity contribution in [1.29, 1.82) is 0 Å². The molecule has 2 aliphatic heterocycles. The third-order valence-corrected chi connectivity index (χ3v) is 8.58. The van der Waals surface area contributed by atoms with Crippen molar-refractivity contribution in [2.75, 3.05) is 31.6 Å². The number of fused-ring (bicyclic) bond motifs is 3. The largest absolute Gasteiger partial charge is 0.379 e. The highest BCUT2D eigenvalue weighted by molar-refractivity contribution is 7.89. The van der Waals surface area contributed by atoms with Crippen molar-refractivity contribution in [3.63, 3.8) is 0 Å². The molecule has 2 heterocycles. The monoisotopic (exact) mass is 424 g/mol. The molecule has 1 fully saturated rings. The fourth-order valence-electron chi connectivity index (χ4n) is 5.25. The van der Waals surface area contributed by atoms with Crippen molar-refractivity contribution in [2.45, 2.75) is 37.1 Å². The number of hydrogen-bond acceptors (Lipinski definition) is 4. The van der Waals surface area contributed by atoms with E-state index >= 15 is 0 Å². The Morgan fingerprint density at radius 2 is 1.80 bits per heavy atom. The Balaban J connectivity index is 1.46. The number of allylic oxidation sites excluding steroid dienone is 2. The number of rotatable bonds is 3. The second kappa shape index (κ2) is 7.52. The van der Waals surface area contributed by atoms with E-state index < -0.39 is 10.0 Å². The number of aryl methyl sites for hydroxylation is 2. The summed E-state index contributed by atoms with van der Waals surface area (Å²) in [5, 5.41) is 3.77. The van der Waals surface area contributed by atoms with Crippen LogP contribution in [0.25, 0.3) is 0 Å². The molecule has 1 N–H and O–H groups in total. The van der Waals surface area contributed by atoms with Crippen LogP contribution < -0.4 is 5.32 Å². The standard InChI is InChI=1S/C24H28N2O3S/c1-16-14-17(2)23-20-4-3-5-21(20)24(25-22(23)15-16)18-6-8-19(9-7-18)30(27,28)26-10-12-29-13-11-26/h3-4,6-9,14-15,20-21,24-25H,5,10-13H2,1-2H3/t20-,21+,24-/m0/s1. The predicted octanol–water partition coefficient (Wildman–Crippen LogP) is 4.15. The van der Waals surface area contributed by atoms with E-state index in [9.17, 15) is 8.42 Å². The molecule has 0 saturated carbocycles. The number of hydrogen-bond donors (Lipinski definition) is 1. The molecular formula is C24H28N2O3S. The van der Waals surface area contributed by atoms with E-state index in [0.29, 0.717) is 43.0 Å². The van der Waals surface area contributed by atoms with Gasteiger partial charge in [-0.15, -0.1) is 0 Å². The first-order chi connectivity index (χ1) is 14.4. The number of sulfonamides is 1. The summed E-state index contributed by atoms with van der Waals surface area (Å²) in [6.07, 6.45) is 5.66. The van der Waals surface area contributed by atoms with E-state index in [4.69, 9.17) is 4.74 Å². The SMILES string of the molecule is Cc1cc(C)c2c(c1)N[C@@H](c1ccc(S(=O)(=O)N3CCOCC3)cc1)[C@@H]1CC=C[C@H]21. The fraction of sp³-hybridized carbons (Fsp3) is 0.417. The Bertz CT molecular complexity index is 1090. The summed E-state index contributed by atoms with van der Waals surface area (Å²) < 4.78 is 32.7. The van der Waals surface area contributed by atoms with Crippen LogP contribution >= 0.6 is 0 Å². The van der Waals surface area contributed by atoms with Crippen LogP contribution in [0.4, 0.5) is 5.69 Å². The third-order valence-electron chi connectivity index (χ3n) is 6.66. The molecule has 0 aromatic heterocycles. The van der Waals surface area contributed by atoms with Crippen LogP contribution in [0.15, 0.2) is 53.4 Å². The van der Waals surface area contributed by atoms with Crippen molar-refractivity contribution in [3.8, 4) is 0 Å². The molecule has 5 nitrogen and oxygen atoms in total. The summed E-state index contributed by atoms with van der Waals surface area (Å²) in [6.45, 7) is 6.07. The molecule has 2 aromatic rings. The van der Waals surface area contributed by atoms with Crippen molar-refractivity contribution in [2.24, 2.45) is 5.92 Å². The number of morpholine rings is 1. The van der Waals surface area contributed by atoms with Crippen molar-refractivity contribution in [1.82, 2.24) is 4.31 Å². The molecule has 5 rings (SSSR count). The molecule has 158 valence electrons. The molecule has 0 amide bonds. The lowest BCUT2D eigenvalue weighted by Gasteiger charge is -2.38. The summed E-state index contributed by atoms with van der Waals surface area (Å²) in [4.78, 5) is 0.358. The van der Waals surface area contributed by atoms with Crippen molar-refractivity contribution >= 4 is 15.7 Å². The van der Waals surface area contributed by atoms with Gasteiger partial charge in [-0.1, -0.05) is 30.4 Å². The van der Waals surface area contributed by atoms with E-state index in [1.54, 1.807) is 12.1 Å². The van der Waals surface area contributed by atoms with Crippen LogP contribution in [0.1, 0.15) is 40.6 Å². The molecule has 3 atom stereocenters. The Morgan fingerprint density at radius 1 is 1.07 bits per heavy atom. The van der Waals surface area contributed by atoms with Crippen LogP contribution in [0.3, 0.4) is 0 Å². The number of anilines is 1. The highest BCUT2D eigenvalue weighted by Gasteiger charge is 2.39. The van der Waals surface area contributed by atoms with Crippen LogP contribution in [-0.4, -0.2) is 39.0 Å². The Labute approximate surface area is 178 Å². The van der Waals surface area contributed by atoms with Crippen molar-refractivity contribution in [3.05, 3.63) is 70.8 Å². The predicted molar refractivity (Wildman–Crippen MR) is 118 cm³/mol. The van der Waals surface area contributed by atoms with Gasteiger partial charge >= 0.3 is 0 Å². The summed E-state index contributed by atoms with van der Waals surface area (Å²) in [5.41, 5.74) is 6.34. The minimum atomic E-state index is -3.47. The van der Waals surface area contributed by atoms with Gasteiger partial charge in [-0.25, -0.2) is 8.42 Å². The van der Waals surface area contributed by atoms with E-state index in [2.05, 4.69) is 43.4 Å². The molecule has 1 saturated heterocycles. The van der Waals surface area contributed by atoms with Crippen LogP contribution in [0.2, 0.25) is 0 Å². The number of nitrogens with one attached hydrogen (secondary N) is 1. The number of ether oxygens (including phenoxy) is 1. The first kappa shape index (κ1) is 19.8. The highest BCUT2D eigenvalue weighted by Crippen LogP contribution is 2.51. The average molecular weight is 425 g/mol. The lowest BCUT2D eigenvalue weighted by Crippen LogP contribution is -2.40. The van der Waals surface area contributed by atoms with Gasteiger partial charge in [-0.05, 0) is 66.6 Å². The maximum absolute atomic E-state index is 12.9. The second-order valence-corrected chi connectivity index (χ2v) is 10.5. The van der Waals surface area contributed by atoms with Gasteiger partial charge < -0.3 is 10.1 Å². The second-order valence-electron chi connectivity index (χ2n) is 8.60. The first-order valence-electron chi connectivity index (χ1n) is 10.7. The maximum atomic E-state index is 12.9. The molecule has 0 unspecified atom stereocenters. The summed E-state index contributed by atoms with van der Waals surface area (Å²) >= 11 is 0. The maximum Gasteiger partial charge on any atom is 0.243 e. The average Bonchev–Trinajstić information content (AvgIpc) is 3.23. The van der Waals surface area contributed by atoms with Gasteiger partial charge in [0.25, 0.3) is 0 Å². The fourth-order valence-corrected chi connectivity index (χ4v) is 6.66. The quantitative estimate of drug-likeness (QED) is 0.752. The van der Waals surface area contributed by atoms with Gasteiger partial charge in [-0.2, -0.15) is 4.31 Å². The lowest BCUT2D eigenvalue weighted by molar-refractivity contribution is 0.0730. The summed E-state index contributed by atoms with van der Waals surface area (Å²) in [5.74, 6) is 0.851. The Kier molecular flexibility index (Phi) is 4.96. The normalized spacial score (nSPS) is 26.1. The topological polar surface area (TPSA) is 58.6 Å². The van der Waals surface area contributed by atoms with Gasteiger partial charge in [0.15, 0.2) is 0 Å². The van der Waals surface area contributed by atoms with Gasteiger partial charge in [0.2, 0.25) is 10.0 Å². The zero-order chi connectivity index (χ0) is 20.9. The summed E-state index contributed by atoms with van der Waals surface area (Å²) in [6, 6.07) is 12.1. The van der Waals surface area contributed by atoms with Gasteiger partial charge in [0.1, 0.15) is 0 Å². The van der Waals surface area contributed by atoms with Gasteiger partial charge in [0, 0.05) is 24.7 Å². The first-order valence-corrected chi connectivity index (χ1v) is 12.1. The minimum absolute atomic E-state index is 0.166. The zero-order valence-corrected chi connectivity index (χ0v) is 18.3. The number of nitrogens with zero attached hydrogens (tertiary/aromatic N) is 1. The van der Waals surface area contributed by atoms with E-state index in [1.807, 2.05) is 12.1 Å². The molecular weight excluding hydrogens is 396 g/mol. The molecule has 0 radical (unpaired) electrons. The van der Waals surface area contributed by atoms with Crippen molar-refractivity contribution < 1.29 is 13.2 Å². The Hall–Kier alpha value is -2.15. The molecule has 2 aromatic carbocycles.